The van der Waals surface area contributed by atoms with Gasteiger partial charge in [0.15, 0.2) is 23.0 Å². The maximum atomic E-state index is 12.6. The van der Waals surface area contributed by atoms with E-state index in [0.717, 1.165) is 57.8 Å². The van der Waals surface area contributed by atoms with Crippen LogP contribution in [0.3, 0.4) is 0 Å². The second-order valence-electron chi connectivity index (χ2n) is 14.0. The molecule has 8 rings (SSSR count). The number of nitrogen functional groups attached to an aromatic ring is 2. The monoisotopic (exact) mass is 814 g/mol. The van der Waals surface area contributed by atoms with Gasteiger partial charge in [-0.05, 0) is 73.6 Å². The van der Waals surface area contributed by atoms with E-state index in [4.69, 9.17) is 23.1 Å². The molecule has 17 heteroatoms. The molecule has 4 aromatic heterocycles. The number of hydrogen-bond acceptors (Lipinski definition) is 14. The van der Waals surface area contributed by atoms with Gasteiger partial charge in [-0.25, -0.2) is 39.9 Å². The molecule has 2 fully saturated rings. The van der Waals surface area contributed by atoms with Crippen molar-refractivity contribution >= 4 is 41.0 Å². The molecule has 0 atom stereocenters. The number of nitrogens with zero attached hydrogens (tertiary/aromatic N) is 9. The van der Waals surface area contributed by atoms with Gasteiger partial charge in [0, 0.05) is 86.6 Å². The van der Waals surface area contributed by atoms with Crippen LogP contribution in [0, 0.1) is 0 Å². The first-order chi connectivity index (χ1) is 28.8. The Kier molecular flexibility index (Phi) is 14.7. The average molecular weight is 815 g/mol. The third-order valence-electron chi connectivity index (χ3n) is 10.5. The molecule has 0 saturated carbocycles. The van der Waals surface area contributed by atoms with Gasteiger partial charge in [0.25, 0.3) is 11.8 Å². The number of amides is 2. The van der Waals surface area contributed by atoms with Crippen molar-refractivity contribution in [2.75, 3.05) is 55.6 Å². The maximum absolute atomic E-state index is 12.6. The van der Waals surface area contributed by atoms with Gasteiger partial charge in [0.1, 0.15) is 0 Å². The summed E-state index contributed by atoms with van der Waals surface area (Å²) in [6, 6.07) is 24.2. The van der Waals surface area contributed by atoms with Gasteiger partial charge >= 0.3 is 0 Å². The number of aromatic nitrogens is 8. The molecule has 2 aromatic carbocycles. The number of carbonyl (C=O) groups excluding carboxylic acids is 2. The Morgan fingerprint density at radius 1 is 0.576 bits per heavy atom. The molecule has 2 amide bonds. The van der Waals surface area contributed by atoms with E-state index in [1.165, 1.54) is 35.9 Å². The van der Waals surface area contributed by atoms with Gasteiger partial charge < -0.3 is 32.3 Å². The highest BCUT2D eigenvalue weighted by molar-refractivity contribution is 6.28. The van der Waals surface area contributed by atoms with Crippen LogP contribution in [0.5, 0.6) is 0 Å². The minimum absolute atomic E-state index is 0.0564. The van der Waals surface area contributed by atoms with E-state index in [0.29, 0.717) is 18.4 Å². The Bertz CT molecular complexity index is 2210. The number of halogens is 1. The van der Waals surface area contributed by atoms with Crippen molar-refractivity contribution in [2.45, 2.75) is 36.5 Å². The molecule has 304 valence electrons. The van der Waals surface area contributed by atoms with Crippen LogP contribution in [0.25, 0.3) is 0 Å². The predicted molar refractivity (Wildman–Crippen MR) is 226 cm³/mol. The number of benzene rings is 2. The van der Waals surface area contributed by atoms with Gasteiger partial charge in [-0.3, -0.25) is 9.59 Å². The lowest BCUT2D eigenvalue weighted by Crippen LogP contribution is -2.49. The molecule has 2 aliphatic rings. The first-order valence-electron chi connectivity index (χ1n) is 19.2. The molecule has 0 spiro atoms. The van der Waals surface area contributed by atoms with Crippen LogP contribution in [0.1, 0.15) is 57.8 Å². The maximum Gasteiger partial charge on any atom is 0.273 e. The van der Waals surface area contributed by atoms with Crippen molar-refractivity contribution in [3.63, 3.8) is 0 Å². The molecule has 0 bridgehead atoms. The Labute approximate surface area is 347 Å². The molecule has 16 nitrogen and oxygen atoms in total. The van der Waals surface area contributed by atoms with Crippen molar-refractivity contribution in [1.82, 2.24) is 55.8 Å². The zero-order valence-corrected chi connectivity index (χ0v) is 33.2. The Morgan fingerprint density at radius 2 is 1.00 bits per heavy atom. The summed E-state index contributed by atoms with van der Waals surface area (Å²) < 4.78 is 0. The number of rotatable bonds is 9. The van der Waals surface area contributed by atoms with Gasteiger partial charge in [0.2, 0.25) is 11.2 Å². The van der Waals surface area contributed by atoms with E-state index in [2.05, 4.69) is 85.0 Å². The van der Waals surface area contributed by atoms with Crippen molar-refractivity contribution in [1.29, 1.82) is 0 Å². The van der Waals surface area contributed by atoms with Gasteiger partial charge in [0.05, 0.1) is 0 Å². The number of nitrogens with two attached hydrogens (primary N) is 2. The summed E-state index contributed by atoms with van der Waals surface area (Å²) in [5.41, 5.74) is 14.1. The Hall–Kier alpha value is -6.65. The number of hydrogen-bond donors (Lipinski definition) is 5. The quantitative estimate of drug-likeness (QED) is 0.130. The summed E-state index contributed by atoms with van der Waals surface area (Å²) in [5, 5.41) is 9.71. The summed E-state index contributed by atoms with van der Waals surface area (Å²) >= 11 is 5.32. The summed E-state index contributed by atoms with van der Waals surface area (Å²) in [7, 11) is 0. The molecule has 0 aliphatic carbocycles. The Morgan fingerprint density at radius 3 is 1.42 bits per heavy atom. The number of piperidine rings is 2. The van der Waals surface area contributed by atoms with Gasteiger partial charge in [-0.2, -0.15) is 0 Å². The van der Waals surface area contributed by atoms with Crippen LogP contribution >= 0.6 is 11.6 Å². The average Bonchev–Trinajstić information content (AvgIpc) is 3.30. The number of anilines is 3. The summed E-state index contributed by atoms with van der Waals surface area (Å²) in [5.74, 6) is 0.452. The lowest BCUT2D eigenvalue weighted by atomic mass is 9.72. The normalized spacial score (nSPS) is 15.2. The second-order valence-corrected chi connectivity index (χ2v) is 14.4. The highest BCUT2D eigenvalue weighted by Crippen LogP contribution is 2.36. The molecule has 59 heavy (non-hydrogen) atoms. The highest BCUT2D eigenvalue weighted by Gasteiger charge is 2.38. The molecule has 0 unspecified atom stereocenters. The summed E-state index contributed by atoms with van der Waals surface area (Å²) in [6.45, 7) is 4.56. The molecule has 6 aromatic rings. The molecule has 7 N–H and O–H groups in total. The standard InChI is InChI=1S/C21H23N7O.C17H21N5O.C4H3ClN2/c22-18-17(23-11-12-24-18)19(29)27-15-21(16-5-2-1-3-6-16)7-13-28(14-8-21)20-25-9-4-10-26-20;18-15-14(20-10-11-21-15)16(23)22-12-17(6-8-19-9-7-17)13-4-2-1-3-5-13;5-4-6-2-1-3-7-4/h1-6,9-12H,7-8,13-15H2,(H2,22,24)(H,27,29);1-5,10-11,19H,6-9,12H2,(H2,18,21)(H,22,23);1-3H. The van der Waals surface area contributed by atoms with E-state index in [1.54, 1.807) is 30.9 Å². The van der Waals surface area contributed by atoms with Gasteiger partial charge in [-0.15, -0.1) is 0 Å². The highest BCUT2D eigenvalue weighted by atomic mass is 35.5. The fraction of sp³-hybridized carbons (Fsp3) is 0.286. The first-order valence-corrected chi connectivity index (χ1v) is 19.6. The summed E-state index contributed by atoms with van der Waals surface area (Å²) in [4.78, 5) is 59.1. The fourth-order valence-electron chi connectivity index (χ4n) is 7.21. The molecular weight excluding hydrogens is 768 g/mol. The number of nitrogens with one attached hydrogen (secondary N) is 3. The minimum Gasteiger partial charge on any atom is -0.382 e. The Balaban J connectivity index is 0.000000173. The predicted octanol–water partition coefficient (Wildman–Crippen LogP) is 4.06. The molecule has 2 saturated heterocycles. The minimum atomic E-state index is -0.306. The molecular formula is C42H47ClN14O2. The third-order valence-corrected chi connectivity index (χ3v) is 10.7. The summed E-state index contributed by atoms with van der Waals surface area (Å²) in [6.07, 6.45) is 16.3. The molecule has 6 heterocycles. The fourth-order valence-corrected chi connectivity index (χ4v) is 7.32. The van der Waals surface area contributed by atoms with E-state index in [9.17, 15) is 9.59 Å². The van der Waals surface area contributed by atoms with Crippen LogP contribution in [-0.4, -0.2) is 91.0 Å². The zero-order chi connectivity index (χ0) is 41.3. The van der Waals surface area contributed by atoms with E-state index < -0.39 is 0 Å². The largest absolute Gasteiger partial charge is 0.382 e. The van der Waals surface area contributed by atoms with Crippen molar-refractivity contribution in [2.24, 2.45) is 0 Å². The van der Waals surface area contributed by atoms with E-state index in [-0.39, 0.29) is 45.7 Å². The van der Waals surface area contributed by atoms with Crippen molar-refractivity contribution in [3.8, 4) is 0 Å². The van der Waals surface area contributed by atoms with Crippen LogP contribution in [0.2, 0.25) is 5.28 Å². The molecule has 2 aliphatic heterocycles. The van der Waals surface area contributed by atoms with E-state index in [1.807, 2.05) is 42.5 Å². The van der Waals surface area contributed by atoms with Crippen LogP contribution in [0.15, 0.2) is 122 Å². The third kappa shape index (κ3) is 11.3. The van der Waals surface area contributed by atoms with E-state index >= 15 is 0 Å². The lowest BCUT2D eigenvalue weighted by Gasteiger charge is -2.42. The van der Waals surface area contributed by atoms with Crippen LogP contribution < -0.4 is 32.3 Å². The van der Waals surface area contributed by atoms with Crippen molar-refractivity contribution in [3.05, 3.63) is 150 Å². The van der Waals surface area contributed by atoms with Crippen molar-refractivity contribution < 1.29 is 9.59 Å². The second kappa shape index (κ2) is 20.7. The van der Waals surface area contributed by atoms with Crippen LogP contribution in [-0.2, 0) is 10.8 Å². The lowest BCUT2D eigenvalue weighted by molar-refractivity contribution is 0.0926. The first kappa shape index (κ1) is 42.0. The number of carbonyl (C=O) groups is 2. The SMILES string of the molecule is Clc1ncccn1.Nc1nccnc1C(=O)NCC1(c2ccccc2)CCN(c2ncccn2)CC1.Nc1nccnc1C(=O)NCC1(c2ccccc2)CCNCC1. The topological polar surface area (TPSA) is 229 Å². The van der Waals surface area contributed by atoms with Gasteiger partial charge in [-0.1, -0.05) is 60.7 Å². The molecule has 0 radical (unpaired) electrons. The smallest absolute Gasteiger partial charge is 0.273 e. The van der Waals surface area contributed by atoms with Crippen LogP contribution in [0.4, 0.5) is 17.6 Å². The zero-order valence-electron chi connectivity index (χ0n) is 32.5.